The van der Waals surface area contributed by atoms with E-state index in [1.807, 2.05) is 26.0 Å². The molecule has 1 amide bonds. The summed E-state index contributed by atoms with van der Waals surface area (Å²) < 4.78 is 5.30. The highest BCUT2D eigenvalue weighted by atomic mass is 32.1. The number of carbonyl (C=O) groups excluding carboxylic acids is 1. The fraction of sp³-hybridized carbons (Fsp3) is 0.524. The Balaban J connectivity index is 1.57. The molecule has 26 heavy (non-hydrogen) atoms. The number of carbonyl (C=O) groups is 1. The summed E-state index contributed by atoms with van der Waals surface area (Å²) in [5.74, 6) is 2.62. The van der Waals surface area contributed by atoms with Crippen molar-refractivity contribution in [1.82, 2.24) is 10.3 Å². The zero-order valence-corrected chi connectivity index (χ0v) is 16.4. The fourth-order valence-electron chi connectivity index (χ4n) is 4.90. The van der Waals surface area contributed by atoms with Gasteiger partial charge in [0.15, 0.2) is 0 Å². The molecule has 0 spiro atoms. The van der Waals surface area contributed by atoms with Crippen molar-refractivity contribution in [3.8, 4) is 5.75 Å². The van der Waals surface area contributed by atoms with Crippen molar-refractivity contribution in [3.05, 3.63) is 45.4 Å². The first-order valence-corrected chi connectivity index (χ1v) is 10.3. The van der Waals surface area contributed by atoms with Crippen molar-refractivity contribution >= 4 is 17.2 Å². The van der Waals surface area contributed by atoms with Crippen LogP contribution in [0.3, 0.4) is 0 Å². The molecule has 2 aliphatic rings. The predicted octanol–water partition coefficient (Wildman–Crippen LogP) is 4.47. The molecule has 0 radical (unpaired) electrons. The van der Waals surface area contributed by atoms with Crippen LogP contribution in [-0.2, 0) is 0 Å². The van der Waals surface area contributed by atoms with Gasteiger partial charge in [-0.15, -0.1) is 11.3 Å². The van der Waals surface area contributed by atoms with Gasteiger partial charge < -0.3 is 10.1 Å². The summed E-state index contributed by atoms with van der Waals surface area (Å²) in [6.45, 7) is 3.87. The maximum Gasteiger partial charge on any atom is 0.263 e. The third-order valence-corrected chi connectivity index (χ3v) is 7.16. The normalized spacial score (nSPS) is 27.3. The fourth-order valence-corrected chi connectivity index (χ4v) is 5.73. The van der Waals surface area contributed by atoms with E-state index < -0.39 is 0 Å². The average molecular weight is 371 g/mol. The Hall–Kier alpha value is -1.88. The topological polar surface area (TPSA) is 51.2 Å². The first-order chi connectivity index (χ1) is 12.6. The number of fused-ring (bicyclic) bond motifs is 1. The van der Waals surface area contributed by atoms with E-state index in [0.29, 0.717) is 17.8 Å². The number of hydrogen-bond acceptors (Lipinski definition) is 4. The van der Waals surface area contributed by atoms with E-state index in [2.05, 4.69) is 22.4 Å². The number of nitrogens with zero attached hydrogens (tertiary/aromatic N) is 1. The molecule has 2 fully saturated rings. The standard InChI is InChI=1S/C21H26N2O2S/c1-12-20(26-13(2)22-12)21(24)23-19-17-7-5-4-6-16(17)18(19)14-8-10-15(25-3)11-9-14/h8-11,16-19H,4-7H2,1-3H3,(H,23,24)/t16-,17+,18+,19+/m1/s1. The molecule has 0 aliphatic heterocycles. The van der Waals surface area contributed by atoms with E-state index in [1.165, 1.54) is 42.6 Å². The van der Waals surface area contributed by atoms with Crippen molar-refractivity contribution in [1.29, 1.82) is 0 Å². The molecule has 138 valence electrons. The van der Waals surface area contributed by atoms with Crippen LogP contribution in [0.15, 0.2) is 24.3 Å². The largest absolute Gasteiger partial charge is 0.497 e. The lowest BCUT2D eigenvalue weighted by atomic mass is 9.53. The third kappa shape index (κ3) is 3.02. The highest BCUT2D eigenvalue weighted by Crippen LogP contribution is 2.54. The van der Waals surface area contributed by atoms with Gasteiger partial charge in [-0.2, -0.15) is 0 Å². The number of thiazole rings is 1. The minimum absolute atomic E-state index is 0.0423. The summed E-state index contributed by atoms with van der Waals surface area (Å²) >= 11 is 1.49. The third-order valence-electron chi connectivity index (χ3n) is 6.09. The van der Waals surface area contributed by atoms with Gasteiger partial charge in [0, 0.05) is 12.0 Å². The summed E-state index contributed by atoms with van der Waals surface area (Å²) in [5, 5.41) is 4.31. The lowest BCUT2D eigenvalue weighted by Gasteiger charge is -2.55. The van der Waals surface area contributed by atoms with Crippen LogP contribution in [0.25, 0.3) is 0 Å². The number of benzene rings is 1. The maximum absolute atomic E-state index is 12.9. The molecular weight excluding hydrogens is 344 g/mol. The Morgan fingerprint density at radius 2 is 1.85 bits per heavy atom. The van der Waals surface area contributed by atoms with Gasteiger partial charge in [-0.1, -0.05) is 25.0 Å². The molecule has 4 nitrogen and oxygen atoms in total. The maximum atomic E-state index is 12.9. The Labute approximate surface area is 159 Å². The van der Waals surface area contributed by atoms with Crippen molar-refractivity contribution in [2.75, 3.05) is 7.11 Å². The minimum atomic E-state index is 0.0423. The number of ether oxygens (including phenoxy) is 1. The van der Waals surface area contributed by atoms with Gasteiger partial charge in [-0.3, -0.25) is 4.79 Å². The van der Waals surface area contributed by atoms with E-state index in [9.17, 15) is 4.79 Å². The van der Waals surface area contributed by atoms with Gasteiger partial charge in [-0.25, -0.2) is 4.98 Å². The lowest BCUT2D eigenvalue weighted by molar-refractivity contribution is 0.0253. The number of hydrogen-bond donors (Lipinski definition) is 1. The number of aryl methyl sites for hydroxylation is 2. The van der Waals surface area contributed by atoms with Crippen LogP contribution in [0.4, 0.5) is 0 Å². The van der Waals surface area contributed by atoms with E-state index >= 15 is 0 Å². The summed E-state index contributed by atoms with van der Waals surface area (Å²) in [5.41, 5.74) is 2.15. The van der Waals surface area contributed by atoms with Crippen LogP contribution < -0.4 is 10.1 Å². The van der Waals surface area contributed by atoms with Crippen LogP contribution in [0.2, 0.25) is 0 Å². The van der Waals surface area contributed by atoms with Gasteiger partial charge in [0.25, 0.3) is 5.91 Å². The second kappa shape index (κ2) is 7.03. The number of methoxy groups -OCH3 is 1. The Morgan fingerprint density at radius 1 is 1.15 bits per heavy atom. The Morgan fingerprint density at radius 3 is 2.46 bits per heavy atom. The number of amides is 1. The molecule has 1 aromatic carbocycles. The van der Waals surface area contributed by atoms with Crippen LogP contribution in [0.5, 0.6) is 5.75 Å². The van der Waals surface area contributed by atoms with Gasteiger partial charge in [0.05, 0.1) is 17.8 Å². The van der Waals surface area contributed by atoms with Crippen LogP contribution in [0.1, 0.15) is 57.5 Å². The monoisotopic (exact) mass is 370 g/mol. The molecular formula is C21H26N2O2S. The smallest absolute Gasteiger partial charge is 0.263 e. The second-order valence-corrected chi connectivity index (χ2v) is 8.76. The molecule has 5 heteroatoms. The minimum Gasteiger partial charge on any atom is -0.497 e. The molecule has 1 heterocycles. The van der Waals surface area contributed by atoms with E-state index in [1.54, 1.807) is 7.11 Å². The highest BCUT2D eigenvalue weighted by molar-refractivity contribution is 7.13. The summed E-state index contributed by atoms with van der Waals surface area (Å²) in [6, 6.07) is 8.61. The molecule has 0 bridgehead atoms. The zero-order valence-electron chi connectivity index (χ0n) is 15.6. The molecule has 1 N–H and O–H groups in total. The number of aromatic nitrogens is 1. The number of rotatable bonds is 4. The molecule has 0 unspecified atom stereocenters. The first-order valence-electron chi connectivity index (χ1n) is 9.47. The van der Waals surface area contributed by atoms with Crippen molar-refractivity contribution in [2.45, 2.75) is 51.5 Å². The lowest BCUT2D eigenvalue weighted by Crippen LogP contribution is -2.59. The molecule has 2 saturated carbocycles. The van der Waals surface area contributed by atoms with Gasteiger partial charge in [0.2, 0.25) is 0 Å². The van der Waals surface area contributed by atoms with Crippen LogP contribution in [-0.4, -0.2) is 24.0 Å². The second-order valence-electron chi connectivity index (χ2n) is 7.56. The predicted molar refractivity (Wildman–Crippen MR) is 104 cm³/mol. The highest BCUT2D eigenvalue weighted by Gasteiger charge is 2.51. The van der Waals surface area contributed by atoms with E-state index in [-0.39, 0.29) is 11.9 Å². The summed E-state index contributed by atoms with van der Waals surface area (Å²) in [4.78, 5) is 18.0. The Kier molecular flexibility index (Phi) is 4.74. The SMILES string of the molecule is COc1ccc([C@H]2[C@@H]3CCCC[C@@H]3[C@@H]2NC(=O)c2sc(C)nc2C)cc1. The summed E-state index contributed by atoms with van der Waals surface area (Å²) in [6.07, 6.45) is 5.08. The van der Waals surface area contributed by atoms with Gasteiger partial charge in [-0.05, 0) is 56.2 Å². The quantitative estimate of drug-likeness (QED) is 0.864. The molecule has 2 aromatic rings. The van der Waals surface area contributed by atoms with Crippen LogP contribution >= 0.6 is 11.3 Å². The zero-order chi connectivity index (χ0) is 18.3. The van der Waals surface area contributed by atoms with Crippen molar-refractivity contribution in [2.24, 2.45) is 11.8 Å². The molecule has 2 aliphatic carbocycles. The van der Waals surface area contributed by atoms with Crippen LogP contribution in [0, 0.1) is 25.7 Å². The molecule has 4 rings (SSSR count). The Bertz CT molecular complexity index is 799. The average Bonchev–Trinajstić information content (AvgIpc) is 2.99. The molecule has 1 aromatic heterocycles. The van der Waals surface area contributed by atoms with E-state index in [0.717, 1.165) is 21.3 Å². The van der Waals surface area contributed by atoms with Crippen molar-refractivity contribution < 1.29 is 9.53 Å². The first kappa shape index (κ1) is 17.5. The molecule has 0 saturated heterocycles. The molecule has 4 atom stereocenters. The van der Waals surface area contributed by atoms with E-state index in [4.69, 9.17) is 4.74 Å². The number of nitrogens with one attached hydrogen (secondary N) is 1. The summed E-state index contributed by atoms with van der Waals surface area (Å²) in [7, 11) is 1.69. The van der Waals surface area contributed by atoms with Gasteiger partial charge >= 0.3 is 0 Å². The van der Waals surface area contributed by atoms with Gasteiger partial charge in [0.1, 0.15) is 10.6 Å². The van der Waals surface area contributed by atoms with Crippen molar-refractivity contribution in [3.63, 3.8) is 0 Å².